The number of rotatable bonds is 4. The molecule has 2 aromatic carbocycles. The van der Waals surface area contributed by atoms with Crippen molar-refractivity contribution in [3.05, 3.63) is 46.8 Å². The fraction of sp³-hybridized carbons (Fsp3) is 0.300. The Hall–Kier alpha value is -2.80. The molecule has 0 bridgehead atoms. The summed E-state index contributed by atoms with van der Waals surface area (Å²) in [5.74, 6) is 1.74. The summed E-state index contributed by atoms with van der Waals surface area (Å²) in [6.45, 7) is 3.88. The number of carbonyl (C=O) groups excluding carboxylic acids is 1. The van der Waals surface area contributed by atoms with Gasteiger partial charge < -0.3 is 18.8 Å². The minimum Gasteiger partial charge on any atom is -0.497 e. The highest BCUT2D eigenvalue weighted by Crippen LogP contribution is 2.31. The monoisotopic (exact) mass is 384 g/mol. The van der Waals surface area contributed by atoms with Crippen molar-refractivity contribution < 1.29 is 19.0 Å². The molecule has 27 heavy (non-hydrogen) atoms. The summed E-state index contributed by atoms with van der Waals surface area (Å²) >= 11 is 1.50. The summed E-state index contributed by atoms with van der Waals surface area (Å²) in [6.07, 6.45) is 0.939. The molecule has 0 saturated heterocycles. The molecule has 0 atom stereocenters. The van der Waals surface area contributed by atoms with E-state index in [1.165, 1.54) is 11.3 Å². The molecular formula is C20H20N2O4S. The maximum Gasteiger partial charge on any atom is 0.279 e. The van der Waals surface area contributed by atoms with Gasteiger partial charge in [-0.1, -0.05) is 18.3 Å². The van der Waals surface area contributed by atoms with Gasteiger partial charge in [-0.25, -0.2) is 0 Å². The van der Waals surface area contributed by atoms with Crippen molar-refractivity contribution in [2.75, 3.05) is 20.3 Å². The average Bonchev–Trinajstić information content (AvgIpc) is 3.04. The number of thiazole rings is 1. The number of nitrogens with zero attached hydrogens (tertiary/aromatic N) is 2. The van der Waals surface area contributed by atoms with Gasteiger partial charge in [0.25, 0.3) is 5.91 Å². The highest BCUT2D eigenvalue weighted by molar-refractivity contribution is 7.16. The summed E-state index contributed by atoms with van der Waals surface area (Å²) in [5.41, 5.74) is 1.51. The van der Waals surface area contributed by atoms with E-state index in [0.29, 0.717) is 35.1 Å². The SMILES string of the molecule is CCCn1c(=NC(=O)c2ccc3c(c2)OCCO3)sc2ccc(OC)cc21. The molecule has 0 aliphatic carbocycles. The Morgan fingerprint density at radius 2 is 2.00 bits per heavy atom. The predicted octanol–water partition coefficient (Wildman–Crippen LogP) is 3.63. The molecule has 0 fully saturated rings. The largest absolute Gasteiger partial charge is 0.497 e. The molecule has 1 aromatic heterocycles. The highest BCUT2D eigenvalue weighted by atomic mass is 32.1. The van der Waals surface area contributed by atoms with E-state index >= 15 is 0 Å². The van der Waals surface area contributed by atoms with E-state index in [1.54, 1.807) is 25.3 Å². The average molecular weight is 384 g/mol. The molecule has 0 radical (unpaired) electrons. The first-order valence-corrected chi connectivity index (χ1v) is 9.67. The van der Waals surface area contributed by atoms with E-state index in [-0.39, 0.29) is 5.91 Å². The number of hydrogen-bond acceptors (Lipinski definition) is 5. The van der Waals surface area contributed by atoms with E-state index < -0.39 is 0 Å². The van der Waals surface area contributed by atoms with Crippen LogP contribution in [0.2, 0.25) is 0 Å². The van der Waals surface area contributed by atoms with Crippen LogP contribution >= 0.6 is 11.3 Å². The lowest BCUT2D eigenvalue weighted by molar-refractivity contribution is 0.0996. The molecular weight excluding hydrogens is 364 g/mol. The van der Waals surface area contributed by atoms with Crippen molar-refractivity contribution in [1.82, 2.24) is 4.57 Å². The second-order valence-electron chi connectivity index (χ2n) is 6.15. The van der Waals surface area contributed by atoms with Crippen molar-refractivity contribution in [2.45, 2.75) is 19.9 Å². The summed E-state index contributed by atoms with van der Waals surface area (Å²) in [4.78, 5) is 17.8. The van der Waals surface area contributed by atoms with Crippen LogP contribution in [-0.2, 0) is 6.54 Å². The number of ether oxygens (including phenoxy) is 3. The summed E-state index contributed by atoms with van der Waals surface area (Å²) in [6, 6.07) is 11.1. The molecule has 140 valence electrons. The van der Waals surface area contributed by atoms with Gasteiger partial charge in [0.1, 0.15) is 19.0 Å². The minimum absolute atomic E-state index is 0.296. The van der Waals surface area contributed by atoms with Gasteiger partial charge in [-0.05, 0) is 36.8 Å². The molecule has 0 N–H and O–H groups in total. The number of aromatic nitrogens is 1. The normalized spacial score (nSPS) is 13.8. The van der Waals surface area contributed by atoms with E-state index in [0.717, 1.165) is 28.9 Å². The van der Waals surface area contributed by atoms with Crippen LogP contribution in [-0.4, -0.2) is 30.8 Å². The Morgan fingerprint density at radius 1 is 1.19 bits per heavy atom. The fourth-order valence-electron chi connectivity index (χ4n) is 3.03. The highest BCUT2D eigenvalue weighted by Gasteiger charge is 2.15. The number of hydrogen-bond donors (Lipinski definition) is 0. The zero-order valence-corrected chi connectivity index (χ0v) is 16.0. The summed E-state index contributed by atoms with van der Waals surface area (Å²) in [7, 11) is 1.65. The Bertz CT molecular complexity index is 1070. The second-order valence-corrected chi connectivity index (χ2v) is 7.15. The third-order valence-electron chi connectivity index (χ3n) is 4.32. The Kier molecular flexibility index (Phi) is 4.85. The number of carbonyl (C=O) groups is 1. The third kappa shape index (κ3) is 3.42. The molecule has 0 unspecified atom stereocenters. The summed E-state index contributed by atoms with van der Waals surface area (Å²) < 4.78 is 19.5. The number of amides is 1. The number of benzene rings is 2. The molecule has 0 spiro atoms. The van der Waals surface area contributed by atoms with Crippen LogP contribution in [0.15, 0.2) is 41.4 Å². The van der Waals surface area contributed by atoms with Crippen molar-refractivity contribution in [3.8, 4) is 17.2 Å². The third-order valence-corrected chi connectivity index (χ3v) is 5.38. The van der Waals surface area contributed by atoms with E-state index in [2.05, 4.69) is 16.5 Å². The smallest absolute Gasteiger partial charge is 0.279 e. The Morgan fingerprint density at radius 3 is 2.78 bits per heavy atom. The Labute approximate surface area is 160 Å². The van der Waals surface area contributed by atoms with Gasteiger partial charge in [0, 0.05) is 18.2 Å². The molecule has 0 saturated carbocycles. The van der Waals surface area contributed by atoms with Crippen molar-refractivity contribution >= 4 is 27.5 Å². The number of aryl methyl sites for hydroxylation is 1. The van der Waals surface area contributed by atoms with Crippen LogP contribution in [0.3, 0.4) is 0 Å². The summed E-state index contributed by atoms with van der Waals surface area (Å²) in [5, 5.41) is 0. The van der Waals surface area contributed by atoms with Gasteiger partial charge in [0.15, 0.2) is 16.3 Å². The van der Waals surface area contributed by atoms with Crippen molar-refractivity contribution in [2.24, 2.45) is 4.99 Å². The first-order valence-electron chi connectivity index (χ1n) is 8.85. The van der Waals surface area contributed by atoms with Crippen molar-refractivity contribution in [3.63, 3.8) is 0 Å². The van der Waals surface area contributed by atoms with Gasteiger partial charge in [-0.15, -0.1) is 0 Å². The minimum atomic E-state index is -0.296. The predicted molar refractivity (Wildman–Crippen MR) is 104 cm³/mol. The van der Waals surface area contributed by atoms with Crippen LogP contribution in [0, 0.1) is 0 Å². The lowest BCUT2D eigenvalue weighted by atomic mass is 10.2. The maximum atomic E-state index is 12.8. The molecule has 7 heteroatoms. The topological polar surface area (TPSA) is 62.1 Å². The molecule has 2 heterocycles. The van der Waals surface area contributed by atoms with Crippen LogP contribution in [0.25, 0.3) is 10.2 Å². The van der Waals surface area contributed by atoms with Crippen molar-refractivity contribution in [1.29, 1.82) is 0 Å². The van der Waals surface area contributed by atoms with E-state index in [4.69, 9.17) is 14.2 Å². The van der Waals surface area contributed by atoms with E-state index in [9.17, 15) is 4.79 Å². The Balaban J connectivity index is 1.77. The quantitative estimate of drug-likeness (QED) is 0.689. The molecule has 1 amide bonds. The van der Waals surface area contributed by atoms with Gasteiger partial charge >= 0.3 is 0 Å². The van der Waals surface area contributed by atoms with Gasteiger partial charge in [0.2, 0.25) is 0 Å². The van der Waals surface area contributed by atoms with Crippen LogP contribution in [0.4, 0.5) is 0 Å². The first kappa shape index (κ1) is 17.6. The molecule has 4 rings (SSSR count). The van der Waals surface area contributed by atoms with Gasteiger partial charge in [0.05, 0.1) is 17.3 Å². The number of methoxy groups -OCH3 is 1. The molecule has 6 nitrogen and oxygen atoms in total. The zero-order valence-electron chi connectivity index (χ0n) is 15.2. The maximum absolute atomic E-state index is 12.8. The lowest BCUT2D eigenvalue weighted by Crippen LogP contribution is -2.18. The van der Waals surface area contributed by atoms with E-state index in [1.807, 2.05) is 18.2 Å². The molecule has 1 aliphatic rings. The second kappa shape index (κ2) is 7.44. The number of fused-ring (bicyclic) bond motifs is 2. The fourth-order valence-corrected chi connectivity index (χ4v) is 4.06. The zero-order chi connectivity index (χ0) is 18.8. The molecule has 3 aromatic rings. The van der Waals surface area contributed by atoms with Crippen LogP contribution in [0.5, 0.6) is 17.2 Å². The lowest BCUT2D eigenvalue weighted by Gasteiger charge is -2.18. The van der Waals surface area contributed by atoms with Crippen LogP contribution < -0.4 is 19.0 Å². The first-order chi connectivity index (χ1) is 13.2. The van der Waals surface area contributed by atoms with Gasteiger partial charge in [-0.2, -0.15) is 4.99 Å². The molecule has 1 aliphatic heterocycles. The van der Waals surface area contributed by atoms with Crippen LogP contribution in [0.1, 0.15) is 23.7 Å². The standard InChI is InChI=1S/C20H20N2O4S/c1-3-8-22-15-12-14(24-2)5-7-18(15)27-20(22)21-19(23)13-4-6-16-17(11-13)26-10-9-25-16/h4-7,11-12H,3,8-10H2,1-2H3. The van der Waals surface area contributed by atoms with Gasteiger partial charge in [-0.3, -0.25) is 4.79 Å².